The summed E-state index contributed by atoms with van der Waals surface area (Å²) in [5.74, 6) is 1.86. The highest BCUT2D eigenvalue weighted by molar-refractivity contribution is 5.81. The molecule has 0 amide bonds. The van der Waals surface area contributed by atoms with Crippen molar-refractivity contribution in [1.82, 2.24) is 0 Å². The number of likely N-dealkylation sites (tertiary alicyclic amines) is 1. The minimum Gasteiger partial charge on any atom is -0.423 e. The number of nitrogens with one attached hydrogen (secondary N) is 1. The Labute approximate surface area is 143 Å². The Balaban J connectivity index is 1.62. The van der Waals surface area contributed by atoms with Crippen LogP contribution >= 0.6 is 0 Å². The lowest BCUT2D eigenvalue weighted by atomic mass is 9.75. The minimum absolute atomic E-state index is 0.215. The van der Waals surface area contributed by atoms with E-state index in [0.717, 1.165) is 34.9 Å². The number of rotatable bonds is 2. The lowest BCUT2D eigenvalue weighted by Gasteiger charge is -2.39. The van der Waals surface area contributed by atoms with Crippen LogP contribution < -0.4 is 10.5 Å². The van der Waals surface area contributed by atoms with Crippen molar-refractivity contribution in [2.75, 3.05) is 13.1 Å². The Morgan fingerprint density at radius 1 is 1.04 bits per heavy atom. The van der Waals surface area contributed by atoms with E-state index in [0.29, 0.717) is 0 Å². The van der Waals surface area contributed by atoms with Crippen LogP contribution in [0.15, 0.2) is 27.4 Å². The first-order valence-corrected chi connectivity index (χ1v) is 9.47. The van der Waals surface area contributed by atoms with E-state index in [9.17, 15) is 4.79 Å². The summed E-state index contributed by atoms with van der Waals surface area (Å²) in [6.07, 6.45) is 7.04. The normalized spacial score (nSPS) is 27.2. The Bertz CT molecular complexity index is 807. The van der Waals surface area contributed by atoms with Gasteiger partial charge in [0, 0.05) is 22.9 Å². The molecule has 1 aliphatic heterocycles. The van der Waals surface area contributed by atoms with Crippen molar-refractivity contribution < 1.29 is 9.32 Å². The SMILES string of the molecule is Cc1cc2oc(=O)cc(C[NH+]3CC[C@H]4CCCC[C@@H]4C3)c2cc1C. The van der Waals surface area contributed by atoms with Crippen LogP contribution in [0.3, 0.4) is 0 Å². The zero-order valence-electron chi connectivity index (χ0n) is 14.9. The Kier molecular flexibility index (Phi) is 4.21. The number of quaternary nitrogens is 1. The average Bonchev–Trinajstić information content (AvgIpc) is 2.56. The van der Waals surface area contributed by atoms with Crippen LogP contribution in [0.25, 0.3) is 11.0 Å². The number of hydrogen-bond donors (Lipinski definition) is 1. The summed E-state index contributed by atoms with van der Waals surface area (Å²) in [6.45, 7) is 7.67. The standard InChI is InChI=1S/C21H27NO2/c1-14-9-19-18(11-21(23)24-20(19)10-15(14)2)13-22-8-7-16-5-3-4-6-17(16)12-22/h9-11,16-17H,3-8,12-13H2,1-2H3/p+1/t16-,17-/m1/s1. The molecule has 1 unspecified atom stereocenters. The summed E-state index contributed by atoms with van der Waals surface area (Å²) in [4.78, 5) is 13.6. The van der Waals surface area contributed by atoms with Gasteiger partial charge in [0.05, 0.1) is 13.1 Å². The molecule has 1 aliphatic carbocycles. The molecule has 3 heteroatoms. The largest absolute Gasteiger partial charge is 0.423 e. The van der Waals surface area contributed by atoms with Gasteiger partial charge in [-0.15, -0.1) is 0 Å². The van der Waals surface area contributed by atoms with Gasteiger partial charge in [-0.3, -0.25) is 0 Å². The molecule has 24 heavy (non-hydrogen) atoms. The fourth-order valence-corrected chi connectivity index (χ4v) is 4.85. The molecule has 3 nitrogen and oxygen atoms in total. The summed E-state index contributed by atoms with van der Waals surface area (Å²) < 4.78 is 5.45. The predicted octanol–water partition coefficient (Wildman–Crippen LogP) is 3.00. The van der Waals surface area contributed by atoms with Gasteiger partial charge < -0.3 is 9.32 Å². The Morgan fingerprint density at radius 2 is 1.79 bits per heavy atom. The molecule has 4 rings (SSSR count). The first kappa shape index (κ1) is 15.9. The molecule has 2 aromatic rings. The van der Waals surface area contributed by atoms with Gasteiger partial charge in [0.25, 0.3) is 0 Å². The molecule has 1 saturated carbocycles. The second kappa shape index (κ2) is 6.36. The van der Waals surface area contributed by atoms with E-state index in [1.807, 2.05) is 6.07 Å². The third kappa shape index (κ3) is 3.02. The van der Waals surface area contributed by atoms with Crippen molar-refractivity contribution in [1.29, 1.82) is 0 Å². The third-order valence-corrected chi connectivity index (χ3v) is 6.37. The molecule has 128 valence electrons. The fraction of sp³-hybridized carbons (Fsp3) is 0.571. The molecule has 1 saturated heterocycles. The molecule has 2 heterocycles. The van der Waals surface area contributed by atoms with Crippen LogP contribution in [0.4, 0.5) is 0 Å². The van der Waals surface area contributed by atoms with Crippen LogP contribution in [0, 0.1) is 25.7 Å². The summed E-state index contributed by atoms with van der Waals surface area (Å²) >= 11 is 0. The molecule has 0 bridgehead atoms. The summed E-state index contributed by atoms with van der Waals surface area (Å²) in [5.41, 5.74) is 4.13. The van der Waals surface area contributed by atoms with Gasteiger partial charge in [0.2, 0.25) is 0 Å². The van der Waals surface area contributed by atoms with Crippen molar-refractivity contribution in [3.63, 3.8) is 0 Å². The van der Waals surface area contributed by atoms with Crippen LogP contribution in [-0.4, -0.2) is 13.1 Å². The molecular weight excluding hydrogens is 298 g/mol. The lowest BCUT2D eigenvalue weighted by molar-refractivity contribution is -0.924. The smallest absolute Gasteiger partial charge is 0.336 e. The van der Waals surface area contributed by atoms with E-state index in [2.05, 4.69) is 19.9 Å². The average molecular weight is 326 g/mol. The molecule has 1 N–H and O–H groups in total. The predicted molar refractivity (Wildman–Crippen MR) is 96.4 cm³/mol. The number of benzene rings is 1. The van der Waals surface area contributed by atoms with Gasteiger partial charge in [0.1, 0.15) is 12.1 Å². The molecule has 1 aromatic carbocycles. The Hall–Kier alpha value is -1.61. The van der Waals surface area contributed by atoms with Crippen molar-refractivity contribution in [2.24, 2.45) is 11.8 Å². The molecule has 0 radical (unpaired) electrons. The van der Waals surface area contributed by atoms with E-state index in [-0.39, 0.29) is 5.63 Å². The van der Waals surface area contributed by atoms with E-state index >= 15 is 0 Å². The third-order valence-electron chi connectivity index (χ3n) is 6.37. The van der Waals surface area contributed by atoms with Crippen molar-refractivity contribution >= 4 is 11.0 Å². The first-order chi connectivity index (χ1) is 11.6. The molecule has 2 aliphatic rings. The maximum absolute atomic E-state index is 12.0. The monoisotopic (exact) mass is 326 g/mol. The van der Waals surface area contributed by atoms with Crippen LogP contribution in [0.1, 0.15) is 48.8 Å². The second-order valence-corrected chi connectivity index (χ2v) is 8.00. The maximum atomic E-state index is 12.0. The van der Waals surface area contributed by atoms with Crippen LogP contribution in [0.2, 0.25) is 0 Å². The van der Waals surface area contributed by atoms with Crippen molar-refractivity contribution in [2.45, 2.75) is 52.5 Å². The highest BCUT2D eigenvalue weighted by atomic mass is 16.4. The zero-order valence-corrected chi connectivity index (χ0v) is 14.9. The number of aryl methyl sites for hydroxylation is 2. The quantitative estimate of drug-likeness (QED) is 0.861. The van der Waals surface area contributed by atoms with E-state index in [1.54, 1.807) is 11.0 Å². The first-order valence-electron chi connectivity index (χ1n) is 9.47. The molecule has 3 atom stereocenters. The highest BCUT2D eigenvalue weighted by Crippen LogP contribution is 2.32. The zero-order chi connectivity index (χ0) is 16.7. The van der Waals surface area contributed by atoms with Gasteiger partial charge in [-0.25, -0.2) is 4.79 Å². The van der Waals surface area contributed by atoms with Crippen molar-refractivity contribution in [3.8, 4) is 0 Å². The molecule has 2 fully saturated rings. The maximum Gasteiger partial charge on any atom is 0.336 e. The fourth-order valence-electron chi connectivity index (χ4n) is 4.85. The number of fused-ring (bicyclic) bond motifs is 2. The summed E-state index contributed by atoms with van der Waals surface area (Å²) in [7, 11) is 0. The lowest BCUT2D eigenvalue weighted by Crippen LogP contribution is -3.12. The minimum atomic E-state index is -0.215. The van der Waals surface area contributed by atoms with E-state index in [4.69, 9.17) is 4.42 Å². The van der Waals surface area contributed by atoms with Crippen LogP contribution in [-0.2, 0) is 6.54 Å². The van der Waals surface area contributed by atoms with Crippen molar-refractivity contribution in [3.05, 3.63) is 45.3 Å². The van der Waals surface area contributed by atoms with E-state index < -0.39 is 0 Å². The molecule has 1 aromatic heterocycles. The van der Waals surface area contributed by atoms with Gasteiger partial charge >= 0.3 is 5.63 Å². The van der Waals surface area contributed by atoms with Gasteiger partial charge in [-0.05, 0) is 62.3 Å². The summed E-state index contributed by atoms with van der Waals surface area (Å²) in [6, 6.07) is 5.92. The van der Waals surface area contributed by atoms with E-state index in [1.165, 1.54) is 56.3 Å². The second-order valence-electron chi connectivity index (χ2n) is 8.00. The number of piperidine rings is 1. The highest BCUT2D eigenvalue weighted by Gasteiger charge is 2.33. The molecule has 0 spiro atoms. The van der Waals surface area contributed by atoms with Crippen LogP contribution in [0.5, 0.6) is 0 Å². The van der Waals surface area contributed by atoms with Gasteiger partial charge in [-0.2, -0.15) is 0 Å². The summed E-state index contributed by atoms with van der Waals surface area (Å²) in [5, 5.41) is 1.12. The number of hydrogen-bond acceptors (Lipinski definition) is 2. The Morgan fingerprint density at radius 3 is 2.62 bits per heavy atom. The van der Waals surface area contributed by atoms with Gasteiger partial charge in [0.15, 0.2) is 0 Å². The van der Waals surface area contributed by atoms with Gasteiger partial charge in [-0.1, -0.05) is 12.8 Å². The molecular formula is C21H28NO2+. The topological polar surface area (TPSA) is 34.6 Å².